The Balaban J connectivity index is 1.31. The summed E-state index contributed by atoms with van der Waals surface area (Å²) in [6, 6.07) is 25.8. The second-order valence-corrected chi connectivity index (χ2v) is 7.87. The highest BCUT2D eigenvalue weighted by molar-refractivity contribution is 7.80. The maximum atomic E-state index is 12.7. The average Bonchev–Trinajstić information content (AvgIpc) is 2.88. The molecule has 3 N–H and O–H groups in total. The Labute approximate surface area is 202 Å². The first kappa shape index (κ1) is 22.9. The van der Waals surface area contributed by atoms with Crippen molar-refractivity contribution in [3.8, 4) is 6.07 Å². The summed E-state index contributed by atoms with van der Waals surface area (Å²) in [6.45, 7) is 1.92. The van der Waals surface area contributed by atoms with Crippen molar-refractivity contribution in [1.82, 2.24) is 10.5 Å². The molecule has 4 rings (SSSR count). The molecule has 0 aliphatic rings. The highest BCUT2D eigenvalue weighted by Crippen LogP contribution is 2.19. The van der Waals surface area contributed by atoms with Crippen molar-refractivity contribution >= 4 is 45.4 Å². The summed E-state index contributed by atoms with van der Waals surface area (Å²) in [4.78, 5) is 22.4. The molecule has 168 valence electrons. The number of hydrogen-bond donors (Lipinski definition) is 3. The predicted octanol–water partition coefficient (Wildman–Crippen LogP) is 5.34. The molecule has 0 bridgehead atoms. The SMILES string of the molecule is C[C@H](NOC(=S)Nc1ccc(NC(=O)c2nccc3ccccc23)cc1)c1ccc(C#N)cc1. The minimum atomic E-state index is -0.280. The van der Waals surface area contributed by atoms with Gasteiger partial charge in [-0.2, -0.15) is 5.26 Å². The fourth-order valence-corrected chi connectivity index (χ4v) is 3.49. The van der Waals surface area contributed by atoms with Gasteiger partial charge in [-0.1, -0.05) is 36.4 Å². The van der Waals surface area contributed by atoms with Gasteiger partial charge < -0.3 is 15.5 Å². The van der Waals surface area contributed by atoms with E-state index >= 15 is 0 Å². The van der Waals surface area contributed by atoms with Crippen molar-refractivity contribution < 1.29 is 9.63 Å². The molecule has 0 spiro atoms. The van der Waals surface area contributed by atoms with E-state index in [9.17, 15) is 4.79 Å². The number of nitrogens with one attached hydrogen (secondary N) is 3. The Kier molecular flexibility index (Phi) is 7.08. The van der Waals surface area contributed by atoms with Crippen LogP contribution in [0.2, 0.25) is 0 Å². The number of carbonyl (C=O) groups is 1. The number of benzene rings is 3. The van der Waals surface area contributed by atoms with Gasteiger partial charge in [-0.3, -0.25) is 9.78 Å². The lowest BCUT2D eigenvalue weighted by Gasteiger charge is -2.16. The number of pyridine rings is 1. The number of nitriles is 1. The lowest BCUT2D eigenvalue weighted by atomic mass is 10.1. The van der Waals surface area contributed by atoms with Gasteiger partial charge in [-0.15, -0.1) is 5.48 Å². The van der Waals surface area contributed by atoms with Crippen molar-refractivity contribution in [3.05, 3.63) is 102 Å². The van der Waals surface area contributed by atoms with E-state index in [1.165, 1.54) is 0 Å². The molecule has 0 aliphatic heterocycles. The van der Waals surface area contributed by atoms with Gasteiger partial charge in [0.25, 0.3) is 11.1 Å². The number of rotatable bonds is 6. The van der Waals surface area contributed by atoms with E-state index in [-0.39, 0.29) is 17.1 Å². The third kappa shape index (κ3) is 5.53. The van der Waals surface area contributed by atoms with Crippen molar-refractivity contribution in [2.75, 3.05) is 10.6 Å². The van der Waals surface area contributed by atoms with Gasteiger partial charge in [0, 0.05) is 23.0 Å². The van der Waals surface area contributed by atoms with Crippen LogP contribution >= 0.6 is 12.2 Å². The van der Waals surface area contributed by atoms with Crippen molar-refractivity contribution in [2.45, 2.75) is 13.0 Å². The van der Waals surface area contributed by atoms with Crippen molar-refractivity contribution in [3.63, 3.8) is 0 Å². The third-order valence-electron chi connectivity index (χ3n) is 5.15. The summed E-state index contributed by atoms with van der Waals surface area (Å²) in [5.41, 5.74) is 6.15. The smallest absolute Gasteiger partial charge is 0.282 e. The molecule has 0 saturated carbocycles. The Morgan fingerprint density at radius 3 is 2.35 bits per heavy atom. The molecule has 1 amide bonds. The minimum absolute atomic E-state index is 0.132. The Hall–Kier alpha value is -4.32. The van der Waals surface area contributed by atoms with Crippen LogP contribution in [0.25, 0.3) is 10.8 Å². The zero-order valence-electron chi connectivity index (χ0n) is 18.3. The van der Waals surface area contributed by atoms with Crippen LogP contribution < -0.4 is 16.1 Å². The molecule has 7 nitrogen and oxygen atoms in total. The Bertz CT molecular complexity index is 1360. The summed E-state index contributed by atoms with van der Waals surface area (Å²) in [5.74, 6) is -0.280. The van der Waals surface area contributed by atoms with Crippen molar-refractivity contribution in [2.24, 2.45) is 0 Å². The maximum absolute atomic E-state index is 12.7. The molecule has 0 saturated heterocycles. The van der Waals surface area contributed by atoms with Crippen molar-refractivity contribution in [1.29, 1.82) is 5.26 Å². The number of fused-ring (bicyclic) bond motifs is 1. The van der Waals surface area contributed by atoms with Gasteiger partial charge in [0.2, 0.25) is 0 Å². The number of amides is 1. The molecular weight excluding hydrogens is 446 g/mol. The first-order valence-electron chi connectivity index (χ1n) is 10.5. The molecule has 4 aromatic rings. The van der Waals surface area contributed by atoms with Gasteiger partial charge in [0.1, 0.15) is 5.69 Å². The van der Waals surface area contributed by atoms with Crippen LogP contribution in [0.15, 0.2) is 85.1 Å². The Morgan fingerprint density at radius 1 is 0.971 bits per heavy atom. The number of thiocarbonyl (C=S) groups is 1. The predicted molar refractivity (Wildman–Crippen MR) is 136 cm³/mol. The largest absolute Gasteiger partial charge is 0.377 e. The molecule has 34 heavy (non-hydrogen) atoms. The van der Waals surface area contributed by atoms with Crippen LogP contribution in [0.1, 0.15) is 34.6 Å². The lowest BCUT2D eigenvalue weighted by Crippen LogP contribution is -2.26. The standard InChI is InChI=1S/C26H21N5O2S/c1-17(19-8-6-18(16-27)7-9-19)31-33-26(34)30-22-12-10-21(11-13-22)29-25(32)24-23-5-3-2-4-20(23)14-15-28-24/h2-15,17,31H,1H3,(H,29,32)(H,30,34)/t17-/m0/s1. The zero-order valence-corrected chi connectivity index (χ0v) is 19.1. The number of carbonyl (C=O) groups excluding carboxylic acids is 1. The van der Waals surface area contributed by atoms with Gasteiger partial charge in [0.15, 0.2) is 0 Å². The van der Waals surface area contributed by atoms with Crippen LogP contribution in [-0.2, 0) is 4.84 Å². The molecule has 3 aromatic carbocycles. The molecule has 0 fully saturated rings. The van der Waals surface area contributed by atoms with Gasteiger partial charge >= 0.3 is 0 Å². The van der Waals surface area contributed by atoms with E-state index in [1.807, 2.05) is 49.4 Å². The quantitative estimate of drug-likeness (QED) is 0.260. The van der Waals surface area contributed by atoms with Gasteiger partial charge in [0.05, 0.1) is 17.7 Å². The van der Waals surface area contributed by atoms with Gasteiger partial charge in [-0.25, -0.2) is 0 Å². The van der Waals surface area contributed by atoms with E-state index in [4.69, 9.17) is 22.3 Å². The van der Waals surface area contributed by atoms with E-state index < -0.39 is 0 Å². The van der Waals surface area contributed by atoms with E-state index in [0.717, 1.165) is 16.3 Å². The number of hydroxylamine groups is 1. The monoisotopic (exact) mass is 467 g/mol. The molecule has 8 heteroatoms. The molecule has 0 radical (unpaired) electrons. The number of aromatic nitrogens is 1. The summed E-state index contributed by atoms with van der Waals surface area (Å²) < 4.78 is 0. The number of anilines is 2. The minimum Gasteiger partial charge on any atom is -0.377 e. The second-order valence-electron chi connectivity index (χ2n) is 7.50. The first-order chi connectivity index (χ1) is 16.5. The normalized spacial score (nSPS) is 11.3. The number of nitrogens with zero attached hydrogens (tertiary/aromatic N) is 2. The summed E-state index contributed by atoms with van der Waals surface area (Å²) in [6.07, 6.45) is 1.63. The van der Waals surface area contributed by atoms with Crippen LogP contribution in [-0.4, -0.2) is 16.1 Å². The highest BCUT2D eigenvalue weighted by Gasteiger charge is 2.12. The zero-order chi connectivity index (χ0) is 23.9. The molecular formula is C26H21N5O2S. The van der Waals surface area contributed by atoms with Crippen LogP contribution in [0, 0.1) is 11.3 Å². The molecule has 1 atom stereocenters. The summed E-state index contributed by atoms with van der Waals surface area (Å²) in [5, 5.41) is 16.7. The van der Waals surface area contributed by atoms with Gasteiger partial charge in [-0.05, 0) is 72.6 Å². The fourth-order valence-electron chi connectivity index (χ4n) is 3.33. The van der Waals surface area contributed by atoms with Crippen LogP contribution in [0.4, 0.5) is 11.4 Å². The third-order valence-corrected chi connectivity index (χ3v) is 5.33. The van der Waals surface area contributed by atoms with E-state index in [0.29, 0.717) is 22.6 Å². The topological polar surface area (TPSA) is 99.1 Å². The average molecular weight is 468 g/mol. The lowest BCUT2D eigenvalue weighted by molar-refractivity contribution is 0.102. The van der Waals surface area contributed by atoms with Crippen LogP contribution in [0.3, 0.4) is 0 Å². The Morgan fingerprint density at radius 2 is 1.65 bits per heavy atom. The fraction of sp³-hybridized carbons (Fsp3) is 0.0769. The summed E-state index contributed by atoms with van der Waals surface area (Å²) in [7, 11) is 0. The second kappa shape index (κ2) is 10.5. The highest BCUT2D eigenvalue weighted by atomic mass is 32.1. The summed E-state index contributed by atoms with van der Waals surface area (Å²) >= 11 is 5.24. The molecule has 0 unspecified atom stereocenters. The molecule has 0 aliphatic carbocycles. The first-order valence-corrected chi connectivity index (χ1v) is 10.9. The van der Waals surface area contributed by atoms with E-state index in [1.54, 1.807) is 42.6 Å². The molecule has 1 heterocycles. The molecule has 1 aromatic heterocycles. The van der Waals surface area contributed by atoms with E-state index in [2.05, 4.69) is 27.2 Å². The van der Waals surface area contributed by atoms with Crippen LogP contribution in [0.5, 0.6) is 0 Å². The maximum Gasteiger partial charge on any atom is 0.282 e. The number of hydrogen-bond acceptors (Lipinski definition) is 6.